The summed E-state index contributed by atoms with van der Waals surface area (Å²) < 4.78 is 12.2. The maximum absolute atomic E-state index is 5.91. The number of rotatable bonds is 3. The first-order chi connectivity index (χ1) is 7.66. The summed E-state index contributed by atoms with van der Waals surface area (Å²) in [6.45, 7) is 3.42. The van der Waals surface area contributed by atoms with Crippen molar-refractivity contribution in [2.75, 3.05) is 13.2 Å². The molecule has 0 saturated carbocycles. The topological polar surface area (TPSA) is 44.5 Å². The Labute approximate surface area is 104 Å². The van der Waals surface area contributed by atoms with Gasteiger partial charge in [-0.3, -0.25) is 0 Å². The number of halogens is 1. The summed E-state index contributed by atoms with van der Waals surface area (Å²) in [7, 11) is 0. The van der Waals surface area contributed by atoms with Crippen molar-refractivity contribution in [3.8, 4) is 5.75 Å². The van der Waals surface area contributed by atoms with Crippen molar-refractivity contribution in [1.82, 2.24) is 0 Å². The van der Waals surface area contributed by atoms with Crippen molar-refractivity contribution in [3.63, 3.8) is 0 Å². The highest BCUT2D eigenvalue weighted by Gasteiger charge is 2.19. The highest BCUT2D eigenvalue weighted by atomic mass is 79.9. The number of hydrogen-bond acceptors (Lipinski definition) is 3. The van der Waals surface area contributed by atoms with Gasteiger partial charge in [0.05, 0.1) is 13.2 Å². The highest BCUT2D eigenvalue weighted by molar-refractivity contribution is 9.10. The van der Waals surface area contributed by atoms with Crippen molar-refractivity contribution >= 4 is 15.9 Å². The first kappa shape index (κ1) is 11.9. The lowest BCUT2D eigenvalue weighted by atomic mass is 10.1. The average molecular weight is 286 g/mol. The van der Waals surface area contributed by atoms with Gasteiger partial charge in [0.25, 0.3) is 0 Å². The van der Waals surface area contributed by atoms with Crippen molar-refractivity contribution in [2.24, 2.45) is 5.73 Å². The molecule has 1 heterocycles. The first-order valence-corrected chi connectivity index (χ1v) is 6.25. The molecule has 0 spiro atoms. The second-order valence-electron chi connectivity index (χ2n) is 4.07. The van der Waals surface area contributed by atoms with Crippen LogP contribution in [0, 0.1) is 0 Å². The van der Waals surface area contributed by atoms with Gasteiger partial charge in [-0.05, 0) is 19.1 Å². The van der Waals surface area contributed by atoms with Crippen LogP contribution in [0.2, 0.25) is 0 Å². The van der Waals surface area contributed by atoms with Crippen LogP contribution in [-0.4, -0.2) is 19.3 Å². The van der Waals surface area contributed by atoms with E-state index in [0.29, 0.717) is 6.61 Å². The molecule has 1 aliphatic heterocycles. The summed E-state index contributed by atoms with van der Waals surface area (Å²) >= 11 is 3.44. The molecule has 2 atom stereocenters. The molecular formula is C12H16BrNO2. The van der Waals surface area contributed by atoms with Gasteiger partial charge in [0, 0.05) is 22.5 Å². The molecular weight excluding hydrogens is 270 g/mol. The Kier molecular flexibility index (Phi) is 3.84. The predicted octanol–water partition coefficient (Wildman–Crippen LogP) is 2.64. The van der Waals surface area contributed by atoms with Gasteiger partial charge in [-0.1, -0.05) is 22.0 Å². The first-order valence-electron chi connectivity index (χ1n) is 5.46. The van der Waals surface area contributed by atoms with Crippen LogP contribution in [0.25, 0.3) is 0 Å². The predicted molar refractivity (Wildman–Crippen MR) is 66.6 cm³/mol. The van der Waals surface area contributed by atoms with Crippen LogP contribution < -0.4 is 10.5 Å². The molecule has 88 valence electrons. The van der Waals surface area contributed by atoms with Gasteiger partial charge in [0.1, 0.15) is 11.9 Å². The fourth-order valence-electron chi connectivity index (χ4n) is 1.77. The van der Waals surface area contributed by atoms with Crippen LogP contribution in [0.5, 0.6) is 5.75 Å². The molecule has 0 amide bonds. The fourth-order valence-corrected chi connectivity index (χ4v) is 2.11. The number of benzene rings is 1. The smallest absolute Gasteiger partial charge is 0.125 e. The summed E-state index contributed by atoms with van der Waals surface area (Å²) in [6.07, 6.45) is 1.11. The molecule has 2 rings (SSSR count). The second-order valence-corrected chi connectivity index (χ2v) is 4.99. The van der Waals surface area contributed by atoms with Crippen LogP contribution in [0.3, 0.4) is 0 Å². The zero-order valence-electron chi connectivity index (χ0n) is 9.28. The molecule has 0 radical (unpaired) electrons. The van der Waals surface area contributed by atoms with E-state index in [-0.39, 0.29) is 12.1 Å². The standard InChI is InChI=1S/C12H16BrNO2/c1-8(14)11-3-2-9(13)6-12(11)16-10-4-5-15-7-10/h2-3,6,8,10H,4-5,7,14H2,1H3/t8-,10?/m0/s1. The van der Waals surface area contributed by atoms with Gasteiger partial charge in [0.15, 0.2) is 0 Å². The SMILES string of the molecule is C[C@H](N)c1ccc(Br)cc1OC1CCOC1. The minimum atomic E-state index is -0.0228. The maximum Gasteiger partial charge on any atom is 0.125 e. The lowest BCUT2D eigenvalue weighted by Crippen LogP contribution is -2.18. The van der Waals surface area contributed by atoms with Gasteiger partial charge in [-0.2, -0.15) is 0 Å². The number of nitrogens with two attached hydrogens (primary N) is 1. The van der Waals surface area contributed by atoms with E-state index in [9.17, 15) is 0 Å². The molecule has 1 aromatic carbocycles. The number of ether oxygens (including phenoxy) is 2. The molecule has 1 aromatic rings. The monoisotopic (exact) mass is 285 g/mol. The molecule has 1 saturated heterocycles. The molecule has 0 aliphatic carbocycles. The van der Waals surface area contributed by atoms with E-state index in [1.807, 2.05) is 25.1 Å². The van der Waals surface area contributed by atoms with Crippen LogP contribution >= 0.6 is 15.9 Å². The molecule has 16 heavy (non-hydrogen) atoms. The third-order valence-corrected chi connectivity index (χ3v) is 3.14. The molecule has 2 N–H and O–H groups in total. The lowest BCUT2D eigenvalue weighted by molar-refractivity contribution is 0.140. The van der Waals surface area contributed by atoms with E-state index in [1.165, 1.54) is 0 Å². The van der Waals surface area contributed by atoms with Gasteiger partial charge < -0.3 is 15.2 Å². The van der Waals surface area contributed by atoms with Crippen LogP contribution in [-0.2, 0) is 4.74 Å². The van der Waals surface area contributed by atoms with E-state index < -0.39 is 0 Å². The maximum atomic E-state index is 5.91. The zero-order valence-corrected chi connectivity index (χ0v) is 10.9. The zero-order chi connectivity index (χ0) is 11.5. The molecule has 0 bridgehead atoms. The molecule has 4 heteroatoms. The van der Waals surface area contributed by atoms with E-state index >= 15 is 0 Å². The Morgan fingerprint density at radius 1 is 1.56 bits per heavy atom. The average Bonchev–Trinajstić information content (AvgIpc) is 2.70. The number of hydrogen-bond donors (Lipinski definition) is 1. The van der Waals surface area contributed by atoms with Crippen LogP contribution in [0.1, 0.15) is 24.9 Å². The Morgan fingerprint density at radius 3 is 3.00 bits per heavy atom. The third kappa shape index (κ3) is 2.75. The minimum Gasteiger partial charge on any atom is -0.488 e. The van der Waals surface area contributed by atoms with E-state index in [4.69, 9.17) is 15.2 Å². The molecule has 0 aromatic heterocycles. The summed E-state index contributed by atoms with van der Waals surface area (Å²) in [5.41, 5.74) is 6.95. The quantitative estimate of drug-likeness (QED) is 0.929. The molecule has 1 fully saturated rings. The second kappa shape index (κ2) is 5.17. The van der Waals surface area contributed by atoms with Gasteiger partial charge in [-0.25, -0.2) is 0 Å². The fraction of sp³-hybridized carbons (Fsp3) is 0.500. The Morgan fingerprint density at radius 2 is 2.38 bits per heavy atom. The summed E-state index contributed by atoms with van der Waals surface area (Å²) in [5.74, 6) is 0.861. The van der Waals surface area contributed by atoms with E-state index in [1.54, 1.807) is 0 Å². The van der Waals surface area contributed by atoms with E-state index in [2.05, 4.69) is 15.9 Å². The minimum absolute atomic E-state index is 0.0228. The Balaban J connectivity index is 2.19. The lowest BCUT2D eigenvalue weighted by Gasteiger charge is -2.17. The van der Waals surface area contributed by atoms with Crippen molar-refractivity contribution in [1.29, 1.82) is 0 Å². The van der Waals surface area contributed by atoms with Crippen LogP contribution in [0.15, 0.2) is 22.7 Å². The normalized spacial score (nSPS) is 22.1. The highest BCUT2D eigenvalue weighted by Crippen LogP contribution is 2.29. The summed E-state index contributed by atoms with van der Waals surface area (Å²) in [6, 6.07) is 5.93. The van der Waals surface area contributed by atoms with Crippen LogP contribution in [0.4, 0.5) is 0 Å². The summed E-state index contributed by atoms with van der Waals surface area (Å²) in [4.78, 5) is 0. The molecule has 3 nitrogen and oxygen atoms in total. The van der Waals surface area contributed by atoms with Crippen molar-refractivity contribution in [2.45, 2.75) is 25.5 Å². The largest absolute Gasteiger partial charge is 0.488 e. The molecule has 1 aliphatic rings. The van der Waals surface area contributed by atoms with Gasteiger partial charge >= 0.3 is 0 Å². The summed E-state index contributed by atoms with van der Waals surface area (Å²) in [5, 5.41) is 0. The van der Waals surface area contributed by atoms with Gasteiger partial charge in [-0.15, -0.1) is 0 Å². The van der Waals surface area contributed by atoms with E-state index in [0.717, 1.165) is 28.8 Å². The Hall–Kier alpha value is -0.580. The van der Waals surface area contributed by atoms with Gasteiger partial charge in [0.2, 0.25) is 0 Å². The van der Waals surface area contributed by atoms with Crippen molar-refractivity contribution in [3.05, 3.63) is 28.2 Å². The third-order valence-electron chi connectivity index (χ3n) is 2.65. The molecule has 1 unspecified atom stereocenters. The Bertz CT molecular complexity index is 362. The van der Waals surface area contributed by atoms with Crippen molar-refractivity contribution < 1.29 is 9.47 Å².